The molecule has 1 saturated carbocycles. The Labute approximate surface area is 160 Å². The Morgan fingerprint density at radius 1 is 1.18 bits per heavy atom. The van der Waals surface area contributed by atoms with Crippen molar-refractivity contribution in [2.24, 2.45) is 0 Å². The third-order valence-corrected chi connectivity index (χ3v) is 4.71. The molecule has 1 aromatic carbocycles. The second kappa shape index (κ2) is 6.59. The quantitative estimate of drug-likeness (QED) is 0.407. The molecule has 0 bridgehead atoms. The SMILES string of the molecule is Cc1nc2c(CNc3nccc(Nc4cc(C5CC5)[nH]n4)n3)cc(F)cc2[nH]1. The smallest absolute Gasteiger partial charge is 0.224 e. The lowest BCUT2D eigenvalue weighted by atomic mass is 10.2. The molecule has 0 aliphatic heterocycles. The van der Waals surface area contributed by atoms with Crippen LogP contribution in [0.5, 0.6) is 0 Å². The molecule has 9 heteroatoms. The topological polar surface area (TPSA) is 107 Å². The van der Waals surface area contributed by atoms with Gasteiger partial charge in [0.05, 0.1) is 11.0 Å². The normalized spacial score (nSPS) is 13.8. The van der Waals surface area contributed by atoms with Gasteiger partial charge in [0.1, 0.15) is 17.5 Å². The lowest BCUT2D eigenvalue weighted by Gasteiger charge is -2.08. The fraction of sp³-hybridized carbons (Fsp3) is 0.263. The molecule has 0 atom stereocenters. The first kappa shape index (κ1) is 16.7. The summed E-state index contributed by atoms with van der Waals surface area (Å²) >= 11 is 0. The number of rotatable bonds is 6. The molecule has 8 nitrogen and oxygen atoms in total. The maximum absolute atomic E-state index is 13.9. The van der Waals surface area contributed by atoms with E-state index < -0.39 is 0 Å². The minimum absolute atomic E-state index is 0.311. The summed E-state index contributed by atoms with van der Waals surface area (Å²) in [4.78, 5) is 16.2. The molecule has 4 N–H and O–H groups in total. The van der Waals surface area contributed by atoms with Crippen LogP contribution in [0.3, 0.4) is 0 Å². The maximum Gasteiger partial charge on any atom is 0.224 e. The first-order valence-corrected chi connectivity index (χ1v) is 9.18. The number of hydrogen-bond acceptors (Lipinski definition) is 6. The van der Waals surface area contributed by atoms with Gasteiger partial charge < -0.3 is 15.6 Å². The Kier molecular flexibility index (Phi) is 3.92. The summed E-state index contributed by atoms with van der Waals surface area (Å²) in [5.41, 5.74) is 3.31. The van der Waals surface area contributed by atoms with Crippen LogP contribution in [0, 0.1) is 12.7 Å². The standard InChI is InChI=1S/C19H19FN8/c1-10-23-15-7-13(20)6-12(18(15)24-10)9-22-19-21-5-4-16(26-19)25-17-8-14(27-28-17)11-2-3-11/h4-8,11H,2-3,9H2,1H3,(H,23,24)(H3,21,22,25,26,27,28). The van der Waals surface area contributed by atoms with Crippen molar-refractivity contribution in [2.75, 3.05) is 10.6 Å². The Morgan fingerprint density at radius 3 is 2.93 bits per heavy atom. The van der Waals surface area contributed by atoms with Gasteiger partial charge in [-0.25, -0.2) is 14.4 Å². The number of aromatic nitrogens is 6. The number of fused-ring (bicyclic) bond motifs is 1. The van der Waals surface area contributed by atoms with Crippen molar-refractivity contribution >= 4 is 28.6 Å². The van der Waals surface area contributed by atoms with E-state index in [0.717, 1.165) is 28.4 Å². The zero-order valence-corrected chi connectivity index (χ0v) is 15.3. The summed E-state index contributed by atoms with van der Waals surface area (Å²) in [6, 6.07) is 6.70. The predicted octanol–water partition coefficient (Wildman–Crippen LogP) is 3.76. The highest BCUT2D eigenvalue weighted by molar-refractivity contribution is 5.79. The molecule has 0 amide bonds. The van der Waals surface area contributed by atoms with Crippen LogP contribution >= 0.6 is 0 Å². The molecule has 1 fully saturated rings. The predicted molar refractivity (Wildman–Crippen MR) is 104 cm³/mol. The van der Waals surface area contributed by atoms with Gasteiger partial charge in [-0.15, -0.1) is 0 Å². The highest BCUT2D eigenvalue weighted by Gasteiger charge is 2.25. The molecule has 1 aliphatic carbocycles. The van der Waals surface area contributed by atoms with Crippen molar-refractivity contribution in [3.8, 4) is 0 Å². The van der Waals surface area contributed by atoms with Crippen molar-refractivity contribution in [1.82, 2.24) is 30.1 Å². The van der Waals surface area contributed by atoms with E-state index in [4.69, 9.17) is 0 Å². The minimum atomic E-state index is -0.311. The van der Waals surface area contributed by atoms with Crippen molar-refractivity contribution < 1.29 is 4.39 Å². The molecule has 3 heterocycles. The van der Waals surface area contributed by atoms with Gasteiger partial charge in [0.25, 0.3) is 0 Å². The van der Waals surface area contributed by atoms with E-state index >= 15 is 0 Å². The molecule has 0 radical (unpaired) electrons. The second-order valence-corrected chi connectivity index (χ2v) is 7.01. The zero-order valence-electron chi connectivity index (χ0n) is 15.3. The number of benzene rings is 1. The number of anilines is 3. The van der Waals surface area contributed by atoms with Gasteiger partial charge in [-0.05, 0) is 38.0 Å². The van der Waals surface area contributed by atoms with E-state index in [1.807, 2.05) is 13.0 Å². The van der Waals surface area contributed by atoms with Crippen molar-refractivity contribution in [2.45, 2.75) is 32.2 Å². The number of hydrogen-bond donors (Lipinski definition) is 4. The number of nitrogens with zero attached hydrogens (tertiary/aromatic N) is 4. The summed E-state index contributed by atoms with van der Waals surface area (Å²) in [5.74, 6) is 2.84. The van der Waals surface area contributed by atoms with Gasteiger partial charge in [0.15, 0.2) is 5.82 Å². The number of nitrogens with one attached hydrogen (secondary N) is 4. The largest absolute Gasteiger partial charge is 0.350 e. The lowest BCUT2D eigenvalue weighted by molar-refractivity contribution is 0.627. The molecule has 1 aliphatic rings. The van der Waals surface area contributed by atoms with Crippen molar-refractivity contribution in [3.05, 3.63) is 53.4 Å². The fourth-order valence-corrected chi connectivity index (χ4v) is 3.23. The molecule has 0 spiro atoms. The third kappa shape index (κ3) is 3.38. The van der Waals surface area contributed by atoms with Crippen LogP contribution in [0.25, 0.3) is 11.0 Å². The van der Waals surface area contributed by atoms with E-state index in [9.17, 15) is 4.39 Å². The van der Waals surface area contributed by atoms with Crippen LogP contribution < -0.4 is 10.6 Å². The summed E-state index contributed by atoms with van der Waals surface area (Å²) in [6.07, 6.45) is 4.09. The molecule has 0 unspecified atom stereocenters. The van der Waals surface area contributed by atoms with Crippen LogP contribution in [0.4, 0.5) is 22.0 Å². The van der Waals surface area contributed by atoms with Crippen LogP contribution in [-0.4, -0.2) is 30.1 Å². The van der Waals surface area contributed by atoms with E-state index in [2.05, 4.69) is 40.8 Å². The molecule has 3 aromatic heterocycles. The number of aryl methyl sites for hydroxylation is 1. The number of aromatic amines is 2. The average Bonchev–Trinajstić information content (AvgIpc) is 3.30. The monoisotopic (exact) mass is 378 g/mol. The summed E-state index contributed by atoms with van der Waals surface area (Å²) in [6.45, 7) is 2.20. The van der Waals surface area contributed by atoms with Crippen LogP contribution in [0.1, 0.15) is 35.8 Å². The van der Waals surface area contributed by atoms with Crippen LogP contribution in [-0.2, 0) is 6.54 Å². The third-order valence-electron chi connectivity index (χ3n) is 4.71. The van der Waals surface area contributed by atoms with Gasteiger partial charge in [-0.3, -0.25) is 5.10 Å². The summed E-state index contributed by atoms with van der Waals surface area (Å²) in [5, 5.41) is 13.6. The van der Waals surface area contributed by atoms with E-state index in [0.29, 0.717) is 29.7 Å². The van der Waals surface area contributed by atoms with Crippen molar-refractivity contribution in [3.63, 3.8) is 0 Å². The van der Waals surface area contributed by atoms with Crippen LogP contribution in [0.2, 0.25) is 0 Å². The number of halogens is 1. The van der Waals surface area contributed by atoms with Gasteiger partial charge in [-0.1, -0.05) is 0 Å². The first-order valence-electron chi connectivity index (χ1n) is 9.18. The van der Waals surface area contributed by atoms with Gasteiger partial charge >= 0.3 is 0 Å². The van der Waals surface area contributed by atoms with E-state index in [1.165, 1.54) is 25.0 Å². The Balaban J connectivity index is 1.31. The van der Waals surface area contributed by atoms with E-state index in [1.54, 1.807) is 12.3 Å². The lowest BCUT2D eigenvalue weighted by Crippen LogP contribution is -2.06. The summed E-state index contributed by atoms with van der Waals surface area (Å²) < 4.78 is 13.9. The highest BCUT2D eigenvalue weighted by Crippen LogP contribution is 2.39. The van der Waals surface area contributed by atoms with Gasteiger partial charge in [0.2, 0.25) is 5.95 Å². The molecule has 4 aromatic rings. The zero-order chi connectivity index (χ0) is 19.1. The molecule has 0 saturated heterocycles. The number of imidazole rings is 1. The molecule has 28 heavy (non-hydrogen) atoms. The summed E-state index contributed by atoms with van der Waals surface area (Å²) in [7, 11) is 0. The Bertz CT molecular complexity index is 1140. The molecular formula is C19H19FN8. The maximum atomic E-state index is 13.9. The molecule has 5 rings (SSSR count). The molecule has 142 valence electrons. The Morgan fingerprint density at radius 2 is 2.07 bits per heavy atom. The number of H-pyrrole nitrogens is 2. The first-order chi connectivity index (χ1) is 13.6. The average molecular weight is 378 g/mol. The fourth-order valence-electron chi connectivity index (χ4n) is 3.23. The molecular weight excluding hydrogens is 359 g/mol. The highest BCUT2D eigenvalue weighted by atomic mass is 19.1. The van der Waals surface area contributed by atoms with Crippen LogP contribution in [0.15, 0.2) is 30.5 Å². The minimum Gasteiger partial charge on any atom is -0.350 e. The van der Waals surface area contributed by atoms with Gasteiger partial charge in [0, 0.05) is 36.0 Å². The van der Waals surface area contributed by atoms with E-state index in [-0.39, 0.29) is 5.82 Å². The second-order valence-electron chi connectivity index (χ2n) is 7.01. The van der Waals surface area contributed by atoms with Crippen molar-refractivity contribution in [1.29, 1.82) is 0 Å². The van der Waals surface area contributed by atoms with Gasteiger partial charge in [-0.2, -0.15) is 10.1 Å². The Hall–Kier alpha value is -3.49.